The Morgan fingerprint density at radius 2 is 1.71 bits per heavy atom. The van der Waals surface area contributed by atoms with Crippen LogP contribution in [0.25, 0.3) is 0 Å². The number of phenols is 1. The first-order chi connectivity index (χ1) is 6.56. The first-order valence-corrected chi connectivity index (χ1v) is 5.10. The molecule has 0 fully saturated rings. The SMILES string of the molecule is CCCC(C)C.Nc1ccc(O)cc1. The standard InChI is InChI=1S/C6H7NO.C6H14/c7-5-1-3-6(8)4-2-5;1-4-5-6(2)3/h1-4,8H,7H2;6H,4-5H2,1-3H3. The Morgan fingerprint density at radius 3 is 1.93 bits per heavy atom. The molecule has 0 aliphatic rings. The summed E-state index contributed by atoms with van der Waals surface area (Å²) >= 11 is 0. The molecule has 0 aliphatic heterocycles. The van der Waals surface area contributed by atoms with Crippen LogP contribution in [0.4, 0.5) is 5.69 Å². The van der Waals surface area contributed by atoms with Crippen molar-refractivity contribution in [2.45, 2.75) is 33.6 Å². The highest BCUT2D eigenvalue weighted by Crippen LogP contribution is 2.09. The molecule has 0 aromatic heterocycles. The molecule has 0 saturated carbocycles. The Balaban J connectivity index is 0.000000255. The topological polar surface area (TPSA) is 46.2 Å². The summed E-state index contributed by atoms with van der Waals surface area (Å²) < 4.78 is 0. The van der Waals surface area contributed by atoms with E-state index in [-0.39, 0.29) is 5.75 Å². The molecule has 1 aromatic carbocycles. The maximum absolute atomic E-state index is 8.70. The minimum Gasteiger partial charge on any atom is -0.508 e. The van der Waals surface area contributed by atoms with Crippen LogP contribution in [0.1, 0.15) is 33.6 Å². The summed E-state index contributed by atoms with van der Waals surface area (Å²) in [6, 6.07) is 6.40. The Morgan fingerprint density at radius 1 is 1.21 bits per heavy atom. The number of benzene rings is 1. The van der Waals surface area contributed by atoms with E-state index in [1.807, 2.05) is 0 Å². The van der Waals surface area contributed by atoms with E-state index in [0.29, 0.717) is 5.69 Å². The maximum atomic E-state index is 8.70. The minimum atomic E-state index is 0.249. The van der Waals surface area contributed by atoms with E-state index < -0.39 is 0 Å². The third-order valence-corrected chi connectivity index (χ3v) is 1.76. The van der Waals surface area contributed by atoms with Gasteiger partial charge in [-0.05, 0) is 30.2 Å². The lowest BCUT2D eigenvalue weighted by molar-refractivity contribution is 0.475. The van der Waals surface area contributed by atoms with Gasteiger partial charge in [-0.15, -0.1) is 0 Å². The molecule has 0 unspecified atom stereocenters. The summed E-state index contributed by atoms with van der Waals surface area (Å²) in [5.74, 6) is 1.15. The second kappa shape index (κ2) is 7.25. The van der Waals surface area contributed by atoms with E-state index in [0.717, 1.165) is 5.92 Å². The highest BCUT2D eigenvalue weighted by molar-refractivity contribution is 5.40. The van der Waals surface area contributed by atoms with Crippen molar-refractivity contribution >= 4 is 5.69 Å². The molecular formula is C12H21NO. The largest absolute Gasteiger partial charge is 0.508 e. The normalized spacial score (nSPS) is 9.43. The van der Waals surface area contributed by atoms with Gasteiger partial charge in [0.25, 0.3) is 0 Å². The number of aromatic hydroxyl groups is 1. The molecule has 0 saturated heterocycles. The molecule has 0 aliphatic carbocycles. The fourth-order valence-corrected chi connectivity index (χ4v) is 1.05. The highest BCUT2D eigenvalue weighted by Gasteiger charge is 1.85. The van der Waals surface area contributed by atoms with Crippen LogP contribution in [0.3, 0.4) is 0 Å². The molecule has 2 nitrogen and oxygen atoms in total. The van der Waals surface area contributed by atoms with Gasteiger partial charge >= 0.3 is 0 Å². The predicted molar refractivity (Wildman–Crippen MR) is 62.3 cm³/mol. The van der Waals surface area contributed by atoms with Crippen LogP contribution in [0.15, 0.2) is 24.3 Å². The van der Waals surface area contributed by atoms with Gasteiger partial charge in [-0.3, -0.25) is 0 Å². The van der Waals surface area contributed by atoms with Crippen molar-refractivity contribution in [3.8, 4) is 5.75 Å². The first-order valence-electron chi connectivity index (χ1n) is 5.10. The average Bonchev–Trinajstić information content (AvgIpc) is 2.11. The van der Waals surface area contributed by atoms with E-state index in [9.17, 15) is 0 Å². The van der Waals surface area contributed by atoms with Crippen molar-refractivity contribution in [1.82, 2.24) is 0 Å². The molecule has 1 rings (SSSR count). The summed E-state index contributed by atoms with van der Waals surface area (Å²) in [6.45, 7) is 6.73. The summed E-state index contributed by atoms with van der Waals surface area (Å²) in [5.41, 5.74) is 5.98. The fraction of sp³-hybridized carbons (Fsp3) is 0.500. The van der Waals surface area contributed by atoms with Crippen LogP contribution in [0, 0.1) is 5.92 Å². The summed E-state index contributed by atoms with van der Waals surface area (Å²) in [5, 5.41) is 8.70. The van der Waals surface area contributed by atoms with Crippen molar-refractivity contribution in [3.05, 3.63) is 24.3 Å². The average molecular weight is 195 g/mol. The maximum Gasteiger partial charge on any atom is 0.115 e. The zero-order valence-corrected chi connectivity index (χ0v) is 9.33. The number of nitrogens with two attached hydrogens (primary N) is 1. The zero-order valence-electron chi connectivity index (χ0n) is 9.33. The van der Waals surface area contributed by atoms with E-state index >= 15 is 0 Å². The Hall–Kier alpha value is -1.18. The van der Waals surface area contributed by atoms with Gasteiger partial charge in [-0.25, -0.2) is 0 Å². The van der Waals surface area contributed by atoms with Crippen LogP contribution in [-0.4, -0.2) is 5.11 Å². The van der Waals surface area contributed by atoms with Gasteiger partial charge in [0.05, 0.1) is 0 Å². The monoisotopic (exact) mass is 195 g/mol. The Bertz CT molecular complexity index is 208. The molecule has 0 radical (unpaired) electrons. The molecule has 0 atom stereocenters. The second-order valence-corrected chi connectivity index (χ2v) is 3.77. The molecule has 80 valence electrons. The van der Waals surface area contributed by atoms with Gasteiger partial charge in [-0.2, -0.15) is 0 Å². The molecule has 3 N–H and O–H groups in total. The molecular weight excluding hydrogens is 174 g/mol. The number of anilines is 1. The molecule has 0 spiro atoms. The van der Waals surface area contributed by atoms with Crippen LogP contribution in [-0.2, 0) is 0 Å². The van der Waals surface area contributed by atoms with Crippen molar-refractivity contribution in [3.63, 3.8) is 0 Å². The van der Waals surface area contributed by atoms with Crippen molar-refractivity contribution < 1.29 is 5.11 Å². The molecule has 0 amide bonds. The number of hydrogen-bond acceptors (Lipinski definition) is 2. The van der Waals surface area contributed by atoms with Crippen LogP contribution in [0.5, 0.6) is 5.75 Å². The molecule has 1 aromatic rings. The third kappa shape index (κ3) is 7.47. The van der Waals surface area contributed by atoms with E-state index in [2.05, 4.69) is 20.8 Å². The number of nitrogen functional groups attached to an aromatic ring is 1. The quantitative estimate of drug-likeness (QED) is 0.561. The lowest BCUT2D eigenvalue weighted by Gasteiger charge is -1.95. The lowest BCUT2D eigenvalue weighted by atomic mass is 10.1. The van der Waals surface area contributed by atoms with E-state index in [1.165, 1.54) is 12.8 Å². The summed E-state index contributed by atoms with van der Waals surface area (Å²) in [7, 11) is 0. The molecule has 0 bridgehead atoms. The zero-order chi connectivity index (χ0) is 11.0. The van der Waals surface area contributed by atoms with Gasteiger partial charge in [-0.1, -0.05) is 33.6 Å². The van der Waals surface area contributed by atoms with Gasteiger partial charge in [0.15, 0.2) is 0 Å². The molecule has 2 heteroatoms. The van der Waals surface area contributed by atoms with Crippen LogP contribution >= 0.6 is 0 Å². The van der Waals surface area contributed by atoms with Crippen molar-refractivity contribution in [2.24, 2.45) is 5.92 Å². The van der Waals surface area contributed by atoms with E-state index in [1.54, 1.807) is 24.3 Å². The molecule has 14 heavy (non-hydrogen) atoms. The van der Waals surface area contributed by atoms with E-state index in [4.69, 9.17) is 10.8 Å². The first kappa shape index (κ1) is 12.8. The Labute approximate surface area is 86.8 Å². The minimum absolute atomic E-state index is 0.249. The van der Waals surface area contributed by atoms with Crippen molar-refractivity contribution in [2.75, 3.05) is 5.73 Å². The predicted octanol–water partition coefficient (Wildman–Crippen LogP) is 3.42. The number of hydrogen-bond donors (Lipinski definition) is 2. The smallest absolute Gasteiger partial charge is 0.115 e. The molecule has 0 heterocycles. The van der Waals surface area contributed by atoms with Crippen LogP contribution in [0.2, 0.25) is 0 Å². The highest BCUT2D eigenvalue weighted by atomic mass is 16.3. The number of rotatable bonds is 2. The summed E-state index contributed by atoms with van der Waals surface area (Å²) in [6.07, 6.45) is 2.71. The van der Waals surface area contributed by atoms with Gasteiger partial charge < -0.3 is 10.8 Å². The van der Waals surface area contributed by atoms with Crippen molar-refractivity contribution in [1.29, 1.82) is 0 Å². The second-order valence-electron chi connectivity index (χ2n) is 3.77. The Kier molecular flexibility index (Phi) is 6.63. The number of phenolic OH excluding ortho intramolecular Hbond substituents is 1. The third-order valence-electron chi connectivity index (χ3n) is 1.76. The lowest BCUT2D eigenvalue weighted by Crippen LogP contribution is -1.81. The van der Waals surface area contributed by atoms with Gasteiger partial charge in [0, 0.05) is 5.69 Å². The fourth-order valence-electron chi connectivity index (χ4n) is 1.05. The van der Waals surface area contributed by atoms with Crippen LogP contribution < -0.4 is 5.73 Å². The van der Waals surface area contributed by atoms with Gasteiger partial charge in [0.1, 0.15) is 5.75 Å². The van der Waals surface area contributed by atoms with Gasteiger partial charge in [0.2, 0.25) is 0 Å². The summed E-state index contributed by atoms with van der Waals surface area (Å²) in [4.78, 5) is 0.